The first-order chi connectivity index (χ1) is 12.1. The number of rotatable bonds is 8. The molecule has 0 saturated carbocycles. The van der Waals surface area contributed by atoms with Crippen LogP contribution >= 0.6 is 15.9 Å². The van der Waals surface area contributed by atoms with Crippen molar-refractivity contribution in [3.8, 4) is 5.75 Å². The van der Waals surface area contributed by atoms with Crippen LogP contribution in [0.5, 0.6) is 5.75 Å². The number of ether oxygens (including phenoxy) is 1. The van der Waals surface area contributed by atoms with E-state index in [-0.39, 0.29) is 11.7 Å². The molecule has 1 N–H and O–H groups in total. The van der Waals surface area contributed by atoms with E-state index in [9.17, 15) is 9.18 Å². The fourth-order valence-electron chi connectivity index (χ4n) is 2.08. The van der Waals surface area contributed by atoms with E-state index in [0.717, 1.165) is 16.6 Å². The van der Waals surface area contributed by atoms with Crippen LogP contribution in [0.25, 0.3) is 0 Å². The number of carbonyl (C=O) groups excluding carboxylic acids is 1. The number of hydrazone groups is 1. The van der Waals surface area contributed by atoms with Gasteiger partial charge in [0.25, 0.3) is 0 Å². The lowest BCUT2D eigenvalue weighted by Crippen LogP contribution is -2.18. The molecule has 0 aliphatic rings. The molecular formula is C19H20BrFN2O2. The van der Waals surface area contributed by atoms with Gasteiger partial charge in [0.1, 0.15) is 11.6 Å². The minimum Gasteiger partial charge on any atom is -0.492 e. The SMILES string of the molecule is CCc1ccc(OCCCC(=O)N/N=C/c2ccc(F)cc2)c(Br)c1. The Balaban J connectivity index is 1.67. The molecule has 0 unspecified atom stereocenters. The maximum atomic E-state index is 12.8. The third kappa shape index (κ3) is 6.66. The molecule has 1 amide bonds. The molecule has 0 bridgehead atoms. The van der Waals surface area contributed by atoms with Crippen molar-refractivity contribution in [2.45, 2.75) is 26.2 Å². The highest BCUT2D eigenvalue weighted by Crippen LogP contribution is 2.26. The molecule has 2 rings (SSSR count). The summed E-state index contributed by atoms with van der Waals surface area (Å²) in [7, 11) is 0. The first-order valence-electron chi connectivity index (χ1n) is 8.07. The van der Waals surface area contributed by atoms with Crippen molar-refractivity contribution in [1.29, 1.82) is 0 Å². The molecule has 2 aromatic rings. The van der Waals surface area contributed by atoms with Crippen molar-refractivity contribution in [3.05, 3.63) is 63.9 Å². The average molecular weight is 407 g/mol. The number of nitrogens with zero attached hydrogens (tertiary/aromatic N) is 1. The lowest BCUT2D eigenvalue weighted by atomic mass is 10.2. The molecule has 2 aromatic carbocycles. The number of hydrogen-bond acceptors (Lipinski definition) is 3. The Bertz CT molecular complexity index is 733. The summed E-state index contributed by atoms with van der Waals surface area (Å²) in [4.78, 5) is 11.7. The van der Waals surface area contributed by atoms with Crippen molar-refractivity contribution in [3.63, 3.8) is 0 Å². The minimum atomic E-state index is -0.308. The second-order valence-corrected chi connectivity index (χ2v) is 6.27. The molecule has 0 spiro atoms. The van der Waals surface area contributed by atoms with Crippen LogP contribution in [0.15, 0.2) is 52.0 Å². The average Bonchev–Trinajstić information content (AvgIpc) is 2.61. The number of benzene rings is 2. The zero-order valence-corrected chi connectivity index (χ0v) is 15.6. The topological polar surface area (TPSA) is 50.7 Å². The number of nitrogens with one attached hydrogen (secondary N) is 1. The Morgan fingerprint density at radius 3 is 2.72 bits per heavy atom. The second-order valence-electron chi connectivity index (χ2n) is 5.42. The van der Waals surface area contributed by atoms with Crippen molar-refractivity contribution >= 4 is 28.1 Å². The van der Waals surface area contributed by atoms with Crippen molar-refractivity contribution in [2.75, 3.05) is 6.61 Å². The van der Waals surface area contributed by atoms with E-state index in [1.54, 1.807) is 12.1 Å². The first-order valence-corrected chi connectivity index (χ1v) is 8.86. The van der Waals surface area contributed by atoms with Gasteiger partial charge in [-0.05, 0) is 64.2 Å². The van der Waals surface area contributed by atoms with Gasteiger partial charge in [0, 0.05) is 6.42 Å². The van der Waals surface area contributed by atoms with Crippen LogP contribution in [0.3, 0.4) is 0 Å². The quantitative estimate of drug-likeness (QED) is 0.399. The van der Waals surface area contributed by atoms with E-state index in [1.807, 2.05) is 18.2 Å². The summed E-state index contributed by atoms with van der Waals surface area (Å²) >= 11 is 3.48. The van der Waals surface area contributed by atoms with E-state index in [4.69, 9.17) is 4.74 Å². The highest BCUT2D eigenvalue weighted by Gasteiger charge is 2.04. The summed E-state index contributed by atoms with van der Waals surface area (Å²) in [6.07, 6.45) is 3.34. The number of aryl methyl sites for hydroxylation is 1. The zero-order chi connectivity index (χ0) is 18.1. The Hall–Kier alpha value is -2.21. The monoisotopic (exact) mass is 406 g/mol. The van der Waals surface area contributed by atoms with Crippen LogP contribution in [0.4, 0.5) is 4.39 Å². The molecule has 4 nitrogen and oxygen atoms in total. The molecule has 25 heavy (non-hydrogen) atoms. The Morgan fingerprint density at radius 1 is 1.28 bits per heavy atom. The molecule has 0 radical (unpaired) electrons. The van der Waals surface area contributed by atoms with Gasteiger partial charge in [0.05, 0.1) is 17.3 Å². The fourth-order valence-corrected chi connectivity index (χ4v) is 2.62. The highest BCUT2D eigenvalue weighted by atomic mass is 79.9. The molecule has 0 saturated heterocycles. The summed E-state index contributed by atoms with van der Waals surface area (Å²) in [6, 6.07) is 11.8. The lowest BCUT2D eigenvalue weighted by Gasteiger charge is -2.09. The molecular weight excluding hydrogens is 387 g/mol. The third-order valence-corrected chi connectivity index (χ3v) is 4.10. The highest BCUT2D eigenvalue weighted by molar-refractivity contribution is 9.10. The Morgan fingerprint density at radius 2 is 2.04 bits per heavy atom. The van der Waals surface area contributed by atoms with Gasteiger partial charge < -0.3 is 4.74 Å². The van der Waals surface area contributed by atoms with Crippen LogP contribution < -0.4 is 10.2 Å². The maximum Gasteiger partial charge on any atom is 0.240 e. The van der Waals surface area contributed by atoms with Crippen LogP contribution in [0, 0.1) is 5.82 Å². The lowest BCUT2D eigenvalue weighted by molar-refractivity contribution is -0.121. The fraction of sp³-hybridized carbons (Fsp3) is 0.263. The number of amides is 1. The zero-order valence-electron chi connectivity index (χ0n) is 14.0. The van der Waals surface area contributed by atoms with Gasteiger partial charge in [-0.2, -0.15) is 5.10 Å². The summed E-state index contributed by atoms with van der Waals surface area (Å²) in [5.74, 6) is 0.270. The molecule has 0 aliphatic heterocycles. The summed E-state index contributed by atoms with van der Waals surface area (Å²) in [5.41, 5.74) is 4.39. The largest absolute Gasteiger partial charge is 0.492 e. The summed E-state index contributed by atoms with van der Waals surface area (Å²) < 4.78 is 19.4. The number of hydrogen-bond donors (Lipinski definition) is 1. The van der Waals surface area contributed by atoms with Crippen LogP contribution in [-0.4, -0.2) is 18.7 Å². The second kappa shape index (κ2) is 9.93. The van der Waals surface area contributed by atoms with Crippen LogP contribution in [-0.2, 0) is 11.2 Å². The molecule has 0 heterocycles. The predicted molar refractivity (Wildman–Crippen MR) is 100 cm³/mol. The standard InChI is InChI=1S/C19H20BrFN2O2/c1-2-14-7-10-18(17(20)12-14)25-11-3-4-19(24)23-22-13-15-5-8-16(21)9-6-15/h5-10,12-13H,2-4,11H2,1H3,(H,23,24)/b22-13+. The van der Waals surface area contributed by atoms with Crippen LogP contribution in [0.2, 0.25) is 0 Å². The smallest absolute Gasteiger partial charge is 0.240 e. The van der Waals surface area contributed by atoms with Gasteiger partial charge in [-0.3, -0.25) is 4.79 Å². The van der Waals surface area contributed by atoms with Gasteiger partial charge in [-0.1, -0.05) is 25.1 Å². The number of halogens is 2. The van der Waals surface area contributed by atoms with Crippen molar-refractivity contribution in [2.24, 2.45) is 5.10 Å². The molecule has 0 fully saturated rings. The van der Waals surface area contributed by atoms with Gasteiger partial charge in [-0.15, -0.1) is 0 Å². The van der Waals surface area contributed by atoms with Gasteiger partial charge >= 0.3 is 0 Å². The molecule has 0 aromatic heterocycles. The maximum absolute atomic E-state index is 12.8. The van der Waals surface area contributed by atoms with Gasteiger partial charge in [0.15, 0.2) is 0 Å². The Labute approximate surface area is 155 Å². The predicted octanol–water partition coefficient (Wildman–Crippen LogP) is 4.46. The number of carbonyl (C=O) groups is 1. The third-order valence-electron chi connectivity index (χ3n) is 3.48. The van der Waals surface area contributed by atoms with Crippen LogP contribution in [0.1, 0.15) is 30.9 Å². The molecule has 0 aliphatic carbocycles. The molecule has 0 atom stereocenters. The van der Waals surface area contributed by atoms with E-state index in [1.165, 1.54) is 23.9 Å². The molecule has 6 heteroatoms. The van der Waals surface area contributed by atoms with Gasteiger partial charge in [-0.25, -0.2) is 9.82 Å². The first kappa shape index (κ1) is 19.1. The van der Waals surface area contributed by atoms with E-state index in [0.29, 0.717) is 25.0 Å². The summed E-state index contributed by atoms with van der Waals surface area (Å²) in [5, 5.41) is 3.85. The Kier molecular flexibility index (Phi) is 7.60. The minimum absolute atomic E-state index is 0.192. The van der Waals surface area contributed by atoms with E-state index in [2.05, 4.69) is 33.4 Å². The summed E-state index contributed by atoms with van der Waals surface area (Å²) in [6.45, 7) is 2.54. The normalized spacial score (nSPS) is 10.8. The van der Waals surface area contributed by atoms with Gasteiger partial charge in [0.2, 0.25) is 5.91 Å². The van der Waals surface area contributed by atoms with Crippen molar-refractivity contribution < 1.29 is 13.9 Å². The van der Waals surface area contributed by atoms with E-state index < -0.39 is 0 Å². The molecule has 132 valence electrons. The van der Waals surface area contributed by atoms with Crippen molar-refractivity contribution in [1.82, 2.24) is 5.43 Å². The van der Waals surface area contributed by atoms with E-state index >= 15 is 0 Å².